The highest BCUT2D eigenvalue weighted by Crippen LogP contribution is 2.32. The van der Waals surface area contributed by atoms with Crippen LogP contribution in [0.15, 0.2) is 48.7 Å². The number of carbonyl (C=O) groups is 1. The minimum atomic E-state index is -0.158. The molecule has 0 radical (unpaired) electrons. The van der Waals surface area contributed by atoms with E-state index in [2.05, 4.69) is 26.3 Å². The molecule has 1 atom stereocenters. The van der Waals surface area contributed by atoms with Gasteiger partial charge in [-0.05, 0) is 38.0 Å². The highest BCUT2D eigenvalue weighted by Gasteiger charge is 2.28. The number of hydrogen-bond acceptors (Lipinski definition) is 5. The van der Waals surface area contributed by atoms with E-state index in [0.29, 0.717) is 17.9 Å². The SMILES string of the molecule is Cc1cccc(NC(=O)C2CCCN(c3c(C#N)cnc4ccccc34)C2)n1. The topological polar surface area (TPSA) is 81.9 Å². The number of pyridine rings is 2. The lowest BCUT2D eigenvalue weighted by Crippen LogP contribution is -2.41. The standard InChI is InChI=1S/C22H21N5O/c1-15-6-4-10-20(25-15)26-22(28)16-7-5-11-27(14-16)21-17(12-23)13-24-19-9-3-2-8-18(19)21/h2-4,6,8-10,13,16H,5,7,11,14H2,1H3,(H,25,26,28). The second kappa shape index (κ2) is 7.65. The van der Waals surface area contributed by atoms with Gasteiger partial charge in [-0.2, -0.15) is 5.26 Å². The molecule has 140 valence electrons. The van der Waals surface area contributed by atoms with Crippen LogP contribution in [0, 0.1) is 24.2 Å². The van der Waals surface area contributed by atoms with E-state index in [1.165, 1.54) is 0 Å². The van der Waals surface area contributed by atoms with E-state index < -0.39 is 0 Å². The quantitative estimate of drug-likeness (QED) is 0.760. The van der Waals surface area contributed by atoms with Crippen LogP contribution in [0.3, 0.4) is 0 Å². The molecule has 2 aromatic heterocycles. The van der Waals surface area contributed by atoms with Crippen molar-refractivity contribution in [2.45, 2.75) is 19.8 Å². The zero-order valence-electron chi connectivity index (χ0n) is 15.7. The van der Waals surface area contributed by atoms with E-state index in [1.807, 2.05) is 43.3 Å². The molecule has 1 N–H and O–H groups in total. The van der Waals surface area contributed by atoms with Crippen LogP contribution in [0.2, 0.25) is 0 Å². The van der Waals surface area contributed by atoms with Gasteiger partial charge in [0.1, 0.15) is 11.9 Å². The molecular formula is C22H21N5O. The van der Waals surface area contributed by atoms with Gasteiger partial charge in [-0.3, -0.25) is 9.78 Å². The first-order valence-electron chi connectivity index (χ1n) is 9.43. The molecule has 1 amide bonds. The Hall–Kier alpha value is -3.46. The summed E-state index contributed by atoms with van der Waals surface area (Å²) >= 11 is 0. The fourth-order valence-corrected chi connectivity index (χ4v) is 3.78. The van der Waals surface area contributed by atoms with Gasteiger partial charge in [0.2, 0.25) is 5.91 Å². The Morgan fingerprint density at radius 3 is 2.93 bits per heavy atom. The molecule has 6 heteroatoms. The minimum Gasteiger partial charge on any atom is -0.369 e. The molecule has 1 fully saturated rings. The number of hydrogen-bond donors (Lipinski definition) is 1. The molecule has 6 nitrogen and oxygen atoms in total. The monoisotopic (exact) mass is 371 g/mol. The number of carbonyl (C=O) groups excluding carboxylic acids is 1. The first-order valence-corrected chi connectivity index (χ1v) is 9.43. The predicted octanol–water partition coefficient (Wildman–Crippen LogP) is 3.67. The van der Waals surface area contributed by atoms with Crippen LogP contribution in [0.1, 0.15) is 24.1 Å². The Morgan fingerprint density at radius 2 is 2.11 bits per heavy atom. The van der Waals surface area contributed by atoms with Crippen molar-refractivity contribution < 1.29 is 4.79 Å². The fourth-order valence-electron chi connectivity index (χ4n) is 3.78. The molecule has 4 rings (SSSR count). The van der Waals surface area contributed by atoms with Crippen molar-refractivity contribution in [2.75, 3.05) is 23.3 Å². The van der Waals surface area contributed by atoms with Crippen LogP contribution in [-0.2, 0) is 4.79 Å². The second-order valence-electron chi connectivity index (χ2n) is 7.09. The molecule has 1 aliphatic heterocycles. The summed E-state index contributed by atoms with van der Waals surface area (Å²) in [5, 5.41) is 13.5. The van der Waals surface area contributed by atoms with Crippen LogP contribution in [-0.4, -0.2) is 29.0 Å². The zero-order chi connectivity index (χ0) is 19.5. The normalized spacial score (nSPS) is 16.6. The van der Waals surface area contributed by atoms with Crippen molar-refractivity contribution in [1.82, 2.24) is 9.97 Å². The number of para-hydroxylation sites is 1. The number of aromatic nitrogens is 2. The maximum Gasteiger partial charge on any atom is 0.230 e. The van der Waals surface area contributed by atoms with Crippen molar-refractivity contribution in [2.24, 2.45) is 5.92 Å². The van der Waals surface area contributed by atoms with E-state index in [0.717, 1.165) is 41.7 Å². The predicted molar refractivity (Wildman–Crippen MR) is 109 cm³/mol. The summed E-state index contributed by atoms with van der Waals surface area (Å²) in [6.45, 7) is 3.28. The lowest BCUT2D eigenvalue weighted by molar-refractivity contribution is -0.120. The van der Waals surface area contributed by atoms with Gasteiger partial charge < -0.3 is 10.2 Å². The fraction of sp³-hybridized carbons (Fsp3) is 0.273. The Kier molecular flexibility index (Phi) is 4.90. The third kappa shape index (κ3) is 3.52. The molecule has 0 saturated carbocycles. The van der Waals surface area contributed by atoms with Crippen molar-refractivity contribution in [3.05, 3.63) is 59.9 Å². The third-order valence-electron chi connectivity index (χ3n) is 5.12. The van der Waals surface area contributed by atoms with Gasteiger partial charge in [0, 0.05) is 30.4 Å². The van der Waals surface area contributed by atoms with Crippen LogP contribution in [0.5, 0.6) is 0 Å². The lowest BCUT2D eigenvalue weighted by Gasteiger charge is -2.34. The zero-order valence-corrected chi connectivity index (χ0v) is 15.7. The molecular weight excluding hydrogens is 350 g/mol. The summed E-state index contributed by atoms with van der Waals surface area (Å²) < 4.78 is 0. The number of nitriles is 1. The van der Waals surface area contributed by atoms with E-state index in [4.69, 9.17) is 0 Å². The van der Waals surface area contributed by atoms with E-state index in [-0.39, 0.29) is 11.8 Å². The Bertz CT molecular complexity index is 1070. The number of anilines is 2. The second-order valence-corrected chi connectivity index (χ2v) is 7.09. The number of nitrogens with one attached hydrogen (secondary N) is 1. The van der Waals surface area contributed by atoms with Crippen molar-refractivity contribution >= 4 is 28.3 Å². The van der Waals surface area contributed by atoms with E-state index in [9.17, 15) is 10.1 Å². The van der Waals surface area contributed by atoms with Gasteiger partial charge in [0.25, 0.3) is 0 Å². The first kappa shape index (κ1) is 17.9. The van der Waals surface area contributed by atoms with Crippen LogP contribution in [0.4, 0.5) is 11.5 Å². The van der Waals surface area contributed by atoms with Crippen LogP contribution < -0.4 is 10.2 Å². The van der Waals surface area contributed by atoms with Crippen molar-refractivity contribution in [1.29, 1.82) is 5.26 Å². The maximum atomic E-state index is 12.8. The molecule has 0 aliphatic carbocycles. The van der Waals surface area contributed by atoms with Crippen molar-refractivity contribution in [3.8, 4) is 6.07 Å². The first-order chi connectivity index (χ1) is 13.7. The third-order valence-corrected chi connectivity index (χ3v) is 5.12. The maximum absolute atomic E-state index is 12.8. The number of benzene rings is 1. The molecule has 0 spiro atoms. The number of fused-ring (bicyclic) bond motifs is 1. The van der Waals surface area contributed by atoms with Gasteiger partial charge in [-0.25, -0.2) is 4.98 Å². The molecule has 1 saturated heterocycles. The van der Waals surface area contributed by atoms with Gasteiger partial charge in [-0.1, -0.05) is 24.3 Å². The summed E-state index contributed by atoms with van der Waals surface area (Å²) in [5.41, 5.74) is 3.14. The van der Waals surface area contributed by atoms with Gasteiger partial charge in [0.05, 0.1) is 22.7 Å². The van der Waals surface area contributed by atoms with Gasteiger partial charge >= 0.3 is 0 Å². The molecule has 1 unspecified atom stereocenters. The molecule has 3 heterocycles. The van der Waals surface area contributed by atoms with Gasteiger partial charge in [-0.15, -0.1) is 0 Å². The average molecular weight is 371 g/mol. The number of nitrogens with zero attached hydrogens (tertiary/aromatic N) is 4. The summed E-state index contributed by atoms with van der Waals surface area (Å²) in [6.07, 6.45) is 3.33. The van der Waals surface area contributed by atoms with Gasteiger partial charge in [0.15, 0.2) is 0 Å². The summed E-state index contributed by atoms with van der Waals surface area (Å²) in [7, 11) is 0. The molecule has 1 aliphatic rings. The Labute approximate surface area is 163 Å². The molecule has 3 aromatic rings. The summed E-state index contributed by atoms with van der Waals surface area (Å²) in [6, 6.07) is 15.7. The van der Waals surface area contributed by atoms with E-state index >= 15 is 0 Å². The smallest absolute Gasteiger partial charge is 0.230 e. The highest BCUT2D eigenvalue weighted by atomic mass is 16.2. The number of piperidine rings is 1. The minimum absolute atomic E-state index is 0.0281. The average Bonchev–Trinajstić information content (AvgIpc) is 2.73. The number of amides is 1. The molecule has 1 aromatic carbocycles. The summed E-state index contributed by atoms with van der Waals surface area (Å²) in [5.74, 6) is 0.392. The number of rotatable bonds is 3. The number of aryl methyl sites for hydroxylation is 1. The Morgan fingerprint density at radius 1 is 1.25 bits per heavy atom. The summed E-state index contributed by atoms with van der Waals surface area (Å²) in [4.78, 5) is 23.7. The molecule has 28 heavy (non-hydrogen) atoms. The van der Waals surface area contributed by atoms with E-state index in [1.54, 1.807) is 12.3 Å². The highest BCUT2D eigenvalue weighted by molar-refractivity contribution is 5.96. The Balaban J connectivity index is 1.60. The molecule has 0 bridgehead atoms. The van der Waals surface area contributed by atoms with Crippen LogP contribution >= 0.6 is 0 Å². The van der Waals surface area contributed by atoms with Crippen LogP contribution in [0.25, 0.3) is 10.9 Å². The lowest BCUT2D eigenvalue weighted by atomic mass is 9.95. The van der Waals surface area contributed by atoms with Crippen molar-refractivity contribution in [3.63, 3.8) is 0 Å². The largest absolute Gasteiger partial charge is 0.369 e.